The average Bonchev–Trinajstić information content (AvgIpc) is 2.87. The number of carbonyl (C=O) groups excluding carboxylic acids is 1. The second-order valence-corrected chi connectivity index (χ2v) is 7.53. The number of hydrogen-bond acceptors (Lipinski definition) is 3. The van der Waals surface area contributed by atoms with Gasteiger partial charge in [0.05, 0.1) is 0 Å². The van der Waals surface area contributed by atoms with E-state index in [1.807, 2.05) is 11.8 Å². The summed E-state index contributed by atoms with van der Waals surface area (Å²) in [4.78, 5) is 16.1. The monoisotopic (exact) mass is 318 g/mol. The van der Waals surface area contributed by atoms with Gasteiger partial charge in [0.1, 0.15) is 0 Å². The third-order valence-corrected chi connectivity index (χ3v) is 5.99. The molecule has 2 saturated heterocycles. The van der Waals surface area contributed by atoms with Crippen LogP contribution >= 0.6 is 11.8 Å². The van der Waals surface area contributed by atoms with Crippen molar-refractivity contribution in [3.8, 4) is 0 Å². The Labute approximate surface area is 137 Å². The molecule has 2 unspecified atom stereocenters. The van der Waals surface area contributed by atoms with Gasteiger partial charge in [0.25, 0.3) is 0 Å². The summed E-state index contributed by atoms with van der Waals surface area (Å²) < 4.78 is 0. The van der Waals surface area contributed by atoms with Crippen LogP contribution in [0.5, 0.6) is 0 Å². The Morgan fingerprint density at radius 1 is 1.18 bits per heavy atom. The van der Waals surface area contributed by atoms with Gasteiger partial charge in [-0.2, -0.15) is 0 Å². The van der Waals surface area contributed by atoms with Crippen molar-refractivity contribution < 1.29 is 4.79 Å². The zero-order chi connectivity index (χ0) is 15.2. The number of rotatable bonds is 4. The number of carbonyl (C=O) groups is 1. The summed E-state index contributed by atoms with van der Waals surface area (Å²) in [5.41, 5.74) is 0. The van der Waals surface area contributed by atoms with Crippen LogP contribution < -0.4 is 5.32 Å². The van der Waals surface area contributed by atoms with E-state index < -0.39 is 0 Å². The highest BCUT2D eigenvalue weighted by Gasteiger charge is 2.30. The van der Waals surface area contributed by atoms with Gasteiger partial charge in [0.15, 0.2) is 0 Å². The lowest BCUT2D eigenvalue weighted by Crippen LogP contribution is -2.35. The predicted octanol–water partition coefficient (Wildman–Crippen LogP) is 3.02. The zero-order valence-electron chi connectivity index (χ0n) is 13.2. The summed E-state index contributed by atoms with van der Waals surface area (Å²) in [7, 11) is 0. The molecule has 3 nitrogen and oxygen atoms in total. The van der Waals surface area contributed by atoms with Crippen molar-refractivity contribution in [1.82, 2.24) is 10.2 Å². The Hall–Kier alpha value is -1.00. The van der Waals surface area contributed by atoms with Crippen molar-refractivity contribution in [1.29, 1.82) is 0 Å². The largest absolute Gasteiger partial charge is 0.342 e. The molecule has 22 heavy (non-hydrogen) atoms. The van der Waals surface area contributed by atoms with Gasteiger partial charge in [-0.05, 0) is 56.8 Å². The summed E-state index contributed by atoms with van der Waals surface area (Å²) in [5, 5.41) is 3.40. The van der Waals surface area contributed by atoms with Crippen LogP contribution in [0.1, 0.15) is 25.7 Å². The van der Waals surface area contributed by atoms with E-state index in [1.54, 1.807) is 0 Å². The van der Waals surface area contributed by atoms with Crippen molar-refractivity contribution in [2.24, 2.45) is 11.8 Å². The van der Waals surface area contributed by atoms with Crippen molar-refractivity contribution in [3.05, 3.63) is 30.3 Å². The average molecular weight is 318 g/mol. The van der Waals surface area contributed by atoms with E-state index in [0.717, 1.165) is 57.6 Å². The molecule has 2 heterocycles. The zero-order valence-corrected chi connectivity index (χ0v) is 14.0. The van der Waals surface area contributed by atoms with Crippen molar-refractivity contribution in [2.75, 3.05) is 31.9 Å². The molecule has 2 aliphatic rings. The fourth-order valence-corrected chi connectivity index (χ4v) is 4.47. The number of nitrogens with one attached hydrogen (secondary N) is 1. The van der Waals surface area contributed by atoms with Crippen molar-refractivity contribution >= 4 is 17.7 Å². The van der Waals surface area contributed by atoms with Crippen LogP contribution in [-0.2, 0) is 4.79 Å². The normalized spacial score (nSPS) is 25.9. The van der Waals surface area contributed by atoms with Gasteiger partial charge in [-0.3, -0.25) is 4.79 Å². The van der Waals surface area contributed by atoms with Gasteiger partial charge in [-0.25, -0.2) is 0 Å². The molecule has 2 atom stereocenters. The standard InChI is InChI=1S/C18H26N2OS/c21-18(16-5-4-10-19-11-8-16)20-12-9-15(13-20)14-22-17-6-2-1-3-7-17/h1-3,6-7,15-16,19H,4-5,8-14H2. The van der Waals surface area contributed by atoms with Gasteiger partial charge >= 0.3 is 0 Å². The first-order chi connectivity index (χ1) is 10.8. The highest BCUT2D eigenvalue weighted by molar-refractivity contribution is 7.99. The molecule has 1 aromatic rings. The maximum absolute atomic E-state index is 12.7. The first-order valence-corrected chi connectivity index (χ1v) is 9.49. The topological polar surface area (TPSA) is 32.3 Å². The van der Waals surface area contributed by atoms with Gasteiger partial charge in [0.2, 0.25) is 5.91 Å². The molecule has 1 aromatic carbocycles. The molecule has 0 saturated carbocycles. The lowest BCUT2D eigenvalue weighted by molar-refractivity contribution is -0.134. The molecule has 0 aromatic heterocycles. The highest BCUT2D eigenvalue weighted by atomic mass is 32.2. The van der Waals surface area contributed by atoms with Gasteiger partial charge in [-0.15, -0.1) is 11.8 Å². The van der Waals surface area contributed by atoms with Gasteiger partial charge < -0.3 is 10.2 Å². The molecule has 3 rings (SSSR count). The quantitative estimate of drug-likeness (QED) is 0.866. The minimum atomic E-state index is 0.260. The second-order valence-electron chi connectivity index (χ2n) is 6.44. The number of benzene rings is 1. The molecule has 0 radical (unpaired) electrons. The SMILES string of the molecule is O=C(C1CCCNCC1)N1CCC(CSc2ccccc2)C1. The molecule has 2 fully saturated rings. The van der Waals surface area contributed by atoms with Crippen LogP contribution in [0.15, 0.2) is 35.2 Å². The Morgan fingerprint density at radius 2 is 2.05 bits per heavy atom. The first kappa shape index (κ1) is 15.9. The molecular formula is C18H26N2OS. The Bertz CT molecular complexity index is 471. The first-order valence-electron chi connectivity index (χ1n) is 8.50. The third-order valence-electron chi connectivity index (χ3n) is 4.75. The molecule has 1 amide bonds. The lowest BCUT2D eigenvalue weighted by atomic mass is 9.99. The lowest BCUT2D eigenvalue weighted by Gasteiger charge is -2.22. The van der Waals surface area contributed by atoms with E-state index in [4.69, 9.17) is 0 Å². The molecule has 0 spiro atoms. The predicted molar refractivity (Wildman–Crippen MR) is 92.1 cm³/mol. The molecular weight excluding hydrogens is 292 g/mol. The Balaban J connectivity index is 1.46. The minimum absolute atomic E-state index is 0.260. The maximum atomic E-state index is 12.7. The van der Waals surface area contributed by atoms with Gasteiger partial charge in [0, 0.05) is 29.7 Å². The van der Waals surface area contributed by atoms with Gasteiger partial charge in [-0.1, -0.05) is 18.2 Å². The molecule has 120 valence electrons. The molecule has 1 N–H and O–H groups in total. The summed E-state index contributed by atoms with van der Waals surface area (Å²) in [5.74, 6) is 2.45. The smallest absolute Gasteiger partial charge is 0.225 e. The molecule has 0 aliphatic carbocycles. The number of likely N-dealkylation sites (tertiary alicyclic amines) is 1. The van der Waals surface area contributed by atoms with Crippen LogP contribution in [0.2, 0.25) is 0 Å². The summed E-state index contributed by atoms with van der Waals surface area (Å²) >= 11 is 1.92. The number of nitrogens with zero attached hydrogens (tertiary/aromatic N) is 1. The van der Waals surface area contributed by atoms with E-state index in [2.05, 4.69) is 40.5 Å². The fraction of sp³-hybridized carbons (Fsp3) is 0.611. The van der Waals surface area contributed by atoms with Crippen LogP contribution in [0.4, 0.5) is 0 Å². The Morgan fingerprint density at radius 3 is 2.91 bits per heavy atom. The van der Waals surface area contributed by atoms with E-state index in [-0.39, 0.29) is 5.92 Å². The minimum Gasteiger partial charge on any atom is -0.342 e. The van der Waals surface area contributed by atoms with Crippen LogP contribution in [-0.4, -0.2) is 42.7 Å². The van der Waals surface area contributed by atoms with E-state index >= 15 is 0 Å². The number of amides is 1. The second kappa shape index (κ2) is 8.02. The van der Waals surface area contributed by atoms with Crippen LogP contribution in [0.25, 0.3) is 0 Å². The molecule has 2 aliphatic heterocycles. The third kappa shape index (κ3) is 4.26. The summed E-state index contributed by atoms with van der Waals surface area (Å²) in [6.07, 6.45) is 4.37. The van der Waals surface area contributed by atoms with Crippen molar-refractivity contribution in [2.45, 2.75) is 30.6 Å². The van der Waals surface area contributed by atoms with E-state index in [9.17, 15) is 4.79 Å². The van der Waals surface area contributed by atoms with Crippen LogP contribution in [0.3, 0.4) is 0 Å². The van der Waals surface area contributed by atoms with E-state index in [0.29, 0.717) is 11.8 Å². The maximum Gasteiger partial charge on any atom is 0.225 e. The van der Waals surface area contributed by atoms with E-state index in [1.165, 1.54) is 4.90 Å². The number of hydrogen-bond donors (Lipinski definition) is 1. The summed E-state index contributed by atoms with van der Waals surface area (Å²) in [6, 6.07) is 10.6. The molecule has 0 bridgehead atoms. The fourth-order valence-electron chi connectivity index (χ4n) is 3.42. The highest BCUT2D eigenvalue weighted by Crippen LogP contribution is 2.27. The van der Waals surface area contributed by atoms with Crippen LogP contribution in [0, 0.1) is 11.8 Å². The van der Waals surface area contributed by atoms with Crippen molar-refractivity contribution in [3.63, 3.8) is 0 Å². The summed E-state index contributed by atoms with van der Waals surface area (Å²) in [6.45, 7) is 3.99. The molecule has 4 heteroatoms. The number of thioether (sulfide) groups is 1. The Kier molecular flexibility index (Phi) is 5.79.